The third-order valence-corrected chi connectivity index (χ3v) is 7.59. The van der Waals surface area contributed by atoms with E-state index in [2.05, 4.69) is 10.3 Å². The van der Waals surface area contributed by atoms with Gasteiger partial charge in [0, 0.05) is 41.2 Å². The first-order valence-corrected chi connectivity index (χ1v) is 12.6. The van der Waals surface area contributed by atoms with Crippen LogP contribution in [0.25, 0.3) is 10.9 Å². The number of aromatic nitrogens is 1. The highest BCUT2D eigenvalue weighted by atomic mass is 35.5. The van der Waals surface area contributed by atoms with Crippen LogP contribution in [0.1, 0.15) is 36.0 Å². The van der Waals surface area contributed by atoms with Crippen molar-refractivity contribution < 1.29 is 19.1 Å². The Bertz CT molecular complexity index is 1220. The number of amides is 1. The Morgan fingerprint density at radius 2 is 2.03 bits per heavy atom. The van der Waals surface area contributed by atoms with Crippen molar-refractivity contribution in [3.63, 3.8) is 0 Å². The third-order valence-electron chi connectivity index (χ3n) is 6.42. The number of benzene rings is 2. The van der Waals surface area contributed by atoms with Crippen LogP contribution in [-0.4, -0.2) is 40.9 Å². The van der Waals surface area contributed by atoms with Gasteiger partial charge in [0.25, 0.3) is 0 Å². The standard InChI is InChI=1S/C26H27ClN2O4S/c1-15(30)34-14-22(21-9-7-16-11-18(27)8-10-19(16)21)25(31)29-24(26(32)33-2)12-17-13-28-23-6-4-3-5-20(17)23/h3-6,8,10-11,13,21-22,24,28H,7,9,12,14H2,1-2H3,(H,29,31). The second-order valence-corrected chi connectivity index (χ2v) is 10.2. The van der Waals surface area contributed by atoms with Crippen molar-refractivity contribution in [1.82, 2.24) is 10.3 Å². The van der Waals surface area contributed by atoms with Gasteiger partial charge >= 0.3 is 5.97 Å². The Labute approximate surface area is 207 Å². The average Bonchev–Trinajstić information content (AvgIpc) is 3.42. The molecule has 0 saturated heterocycles. The molecule has 1 heterocycles. The topological polar surface area (TPSA) is 88.3 Å². The fourth-order valence-corrected chi connectivity index (χ4v) is 5.75. The molecule has 1 aliphatic carbocycles. The molecule has 0 radical (unpaired) electrons. The van der Waals surface area contributed by atoms with Gasteiger partial charge in [-0.3, -0.25) is 9.59 Å². The van der Waals surface area contributed by atoms with E-state index in [-0.39, 0.29) is 16.9 Å². The highest BCUT2D eigenvalue weighted by Crippen LogP contribution is 2.41. The molecule has 8 heteroatoms. The number of esters is 1. The van der Waals surface area contributed by atoms with E-state index in [1.807, 2.05) is 48.7 Å². The van der Waals surface area contributed by atoms with Gasteiger partial charge in [-0.25, -0.2) is 4.79 Å². The van der Waals surface area contributed by atoms with E-state index in [1.165, 1.54) is 14.0 Å². The van der Waals surface area contributed by atoms with E-state index in [4.69, 9.17) is 16.3 Å². The molecule has 2 N–H and O–H groups in total. The summed E-state index contributed by atoms with van der Waals surface area (Å²) in [6.45, 7) is 1.50. The number of rotatable bonds is 8. The van der Waals surface area contributed by atoms with Crippen LogP contribution >= 0.6 is 23.4 Å². The van der Waals surface area contributed by atoms with Gasteiger partial charge in [-0.05, 0) is 53.6 Å². The summed E-state index contributed by atoms with van der Waals surface area (Å²) >= 11 is 7.30. The summed E-state index contributed by atoms with van der Waals surface area (Å²) in [6.07, 6.45) is 3.76. The van der Waals surface area contributed by atoms with Crippen LogP contribution in [0.2, 0.25) is 5.02 Å². The molecule has 3 aromatic rings. The molecular weight excluding hydrogens is 472 g/mol. The molecule has 1 amide bonds. The maximum absolute atomic E-state index is 13.6. The molecular formula is C26H27ClN2O4S. The number of aromatic amines is 1. The Balaban J connectivity index is 1.58. The maximum Gasteiger partial charge on any atom is 0.328 e. The van der Waals surface area contributed by atoms with E-state index in [0.29, 0.717) is 17.2 Å². The number of carbonyl (C=O) groups excluding carboxylic acids is 3. The minimum atomic E-state index is -0.840. The summed E-state index contributed by atoms with van der Waals surface area (Å²) < 4.78 is 5.01. The van der Waals surface area contributed by atoms with Gasteiger partial charge in [0.05, 0.1) is 13.0 Å². The number of ether oxygens (including phenoxy) is 1. The van der Waals surface area contributed by atoms with Crippen LogP contribution in [0.15, 0.2) is 48.7 Å². The number of aryl methyl sites for hydroxylation is 1. The minimum Gasteiger partial charge on any atom is -0.467 e. The van der Waals surface area contributed by atoms with Crippen molar-refractivity contribution in [2.75, 3.05) is 12.9 Å². The largest absolute Gasteiger partial charge is 0.467 e. The second-order valence-electron chi connectivity index (χ2n) is 8.55. The lowest BCUT2D eigenvalue weighted by molar-refractivity contribution is -0.145. The number of methoxy groups -OCH3 is 1. The number of nitrogens with one attached hydrogen (secondary N) is 2. The molecule has 34 heavy (non-hydrogen) atoms. The monoisotopic (exact) mass is 498 g/mol. The molecule has 2 aromatic carbocycles. The number of fused-ring (bicyclic) bond motifs is 2. The maximum atomic E-state index is 13.6. The smallest absolute Gasteiger partial charge is 0.328 e. The van der Waals surface area contributed by atoms with Gasteiger partial charge in [-0.1, -0.05) is 47.6 Å². The summed E-state index contributed by atoms with van der Waals surface area (Å²) in [5.74, 6) is -0.932. The zero-order chi connectivity index (χ0) is 24.2. The number of hydrogen-bond donors (Lipinski definition) is 2. The fourth-order valence-electron chi connectivity index (χ4n) is 4.75. The average molecular weight is 499 g/mol. The van der Waals surface area contributed by atoms with Crippen molar-refractivity contribution in [3.05, 3.63) is 70.4 Å². The second kappa shape index (κ2) is 10.7. The zero-order valence-electron chi connectivity index (χ0n) is 19.1. The van der Waals surface area contributed by atoms with Crippen LogP contribution in [-0.2, 0) is 32.0 Å². The van der Waals surface area contributed by atoms with Gasteiger partial charge < -0.3 is 15.0 Å². The molecule has 1 aliphatic rings. The summed E-state index contributed by atoms with van der Waals surface area (Å²) in [6, 6.07) is 12.7. The van der Waals surface area contributed by atoms with Crippen LogP contribution in [0.3, 0.4) is 0 Å². The van der Waals surface area contributed by atoms with E-state index in [0.717, 1.165) is 52.2 Å². The molecule has 4 rings (SSSR count). The van der Waals surface area contributed by atoms with Crippen LogP contribution < -0.4 is 5.32 Å². The van der Waals surface area contributed by atoms with Gasteiger partial charge in [-0.15, -0.1) is 0 Å². The van der Waals surface area contributed by atoms with Gasteiger partial charge in [0.15, 0.2) is 5.12 Å². The first-order chi connectivity index (χ1) is 16.4. The molecule has 3 atom stereocenters. The quantitative estimate of drug-likeness (QED) is 0.441. The lowest BCUT2D eigenvalue weighted by Crippen LogP contribution is -2.47. The number of thioether (sulfide) groups is 1. The van der Waals surface area contributed by atoms with Gasteiger partial charge in [0.2, 0.25) is 5.91 Å². The predicted molar refractivity (Wildman–Crippen MR) is 135 cm³/mol. The Hall–Kier alpha value is -2.77. The summed E-state index contributed by atoms with van der Waals surface area (Å²) in [5.41, 5.74) is 4.09. The lowest BCUT2D eigenvalue weighted by Gasteiger charge is -2.26. The van der Waals surface area contributed by atoms with Crippen molar-refractivity contribution >= 4 is 51.3 Å². The highest BCUT2D eigenvalue weighted by Gasteiger charge is 2.36. The molecule has 178 valence electrons. The summed E-state index contributed by atoms with van der Waals surface area (Å²) in [5, 5.41) is 4.56. The van der Waals surface area contributed by atoms with Crippen LogP contribution in [0.5, 0.6) is 0 Å². The molecule has 0 bridgehead atoms. The third kappa shape index (κ3) is 5.31. The van der Waals surface area contributed by atoms with Crippen molar-refractivity contribution in [2.45, 2.75) is 38.1 Å². The number of hydrogen-bond acceptors (Lipinski definition) is 5. The number of carbonyl (C=O) groups is 3. The molecule has 6 nitrogen and oxygen atoms in total. The Kier molecular flexibility index (Phi) is 7.63. The summed E-state index contributed by atoms with van der Waals surface area (Å²) in [4.78, 5) is 41.1. The predicted octanol–water partition coefficient (Wildman–Crippen LogP) is 4.65. The Morgan fingerprint density at radius 3 is 2.79 bits per heavy atom. The summed E-state index contributed by atoms with van der Waals surface area (Å²) in [7, 11) is 1.32. The number of para-hydroxylation sites is 1. The first-order valence-electron chi connectivity index (χ1n) is 11.2. The SMILES string of the molecule is COC(=O)C(Cc1c[nH]c2ccccc12)NC(=O)C(CSC(C)=O)C1CCc2cc(Cl)ccc21. The van der Waals surface area contributed by atoms with Crippen LogP contribution in [0, 0.1) is 5.92 Å². The van der Waals surface area contributed by atoms with E-state index in [1.54, 1.807) is 0 Å². The van der Waals surface area contributed by atoms with Gasteiger partial charge in [-0.2, -0.15) is 0 Å². The Morgan fingerprint density at radius 1 is 1.24 bits per heavy atom. The highest BCUT2D eigenvalue weighted by molar-refractivity contribution is 8.13. The zero-order valence-corrected chi connectivity index (χ0v) is 20.7. The molecule has 1 aromatic heterocycles. The number of halogens is 1. The van der Waals surface area contributed by atoms with Crippen LogP contribution in [0.4, 0.5) is 0 Å². The minimum absolute atomic E-state index is 0.0459. The van der Waals surface area contributed by atoms with E-state index >= 15 is 0 Å². The molecule has 0 aliphatic heterocycles. The first kappa shape index (κ1) is 24.4. The van der Waals surface area contributed by atoms with Crippen molar-refractivity contribution in [2.24, 2.45) is 5.92 Å². The van der Waals surface area contributed by atoms with Crippen molar-refractivity contribution in [3.8, 4) is 0 Å². The molecule has 3 unspecified atom stereocenters. The molecule has 0 spiro atoms. The van der Waals surface area contributed by atoms with Crippen molar-refractivity contribution in [1.29, 1.82) is 0 Å². The fraction of sp³-hybridized carbons (Fsp3) is 0.346. The van der Waals surface area contributed by atoms with E-state index < -0.39 is 17.9 Å². The van der Waals surface area contributed by atoms with E-state index in [9.17, 15) is 14.4 Å². The van der Waals surface area contributed by atoms with Gasteiger partial charge in [0.1, 0.15) is 6.04 Å². The molecule has 0 fully saturated rings. The lowest BCUT2D eigenvalue weighted by atomic mass is 9.87. The molecule has 0 saturated carbocycles. The normalized spacial score (nSPS) is 16.6. The number of H-pyrrole nitrogens is 1.